The van der Waals surface area contributed by atoms with Crippen LogP contribution in [0.4, 0.5) is 0 Å². The molecule has 0 N–H and O–H groups in total. The summed E-state index contributed by atoms with van der Waals surface area (Å²) in [4.78, 5) is 15.7. The molecular formula is C49H29N3OS. The van der Waals surface area contributed by atoms with Gasteiger partial charge in [0.05, 0.1) is 0 Å². The van der Waals surface area contributed by atoms with Crippen molar-refractivity contribution < 1.29 is 4.42 Å². The lowest BCUT2D eigenvalue weighted by Crippen LogP contribution is -2.00. The smallest absolute Gasteiger partial charge is 0.165 e. The second-order valence-corrected chi connectivity index (χ2v) is 14.6. The van der Waals surface area contributed by atoms with Crippen LogP contribution in [0.25, 0.3) is 109 Å². The summed E-state index contributed by atoms with van der Waals surface area (Å²) in [5.41, 5.74) is 8.98. The summed E-state index contributed by atoms with van der Waals surface area (Å²) in [6.07, 6.45) is 0. The maximum absolute atomic E-state index is 6.52. The molecule has 5 heteroatoms. The van der Waals surface area contributed by atoms with Crippen LogP contribution < -0.4 is 0 Å². The van der Waals surface area contributed by atoms with Gasteiger partial charge in [-0.1, -0.05) is 133 Å². The van der Waals surface area contributed by atoms with Gasteiger partial charge in [-0.25, -0.2) is 15.0 Å². The van der Waals surface area contributed by atoms with Crippen molar-refractivity contribution in [3.63, 3.8) is 0 Å². The highest BCUT2D eigenvalue weighted by molar-refractivity contribution is 7.26. The number of rotatable bonds is 5. The third-order valence-electron chi connectivity index (χ3n) is 10.3. The fourth-order valence-electron chi connectivity index (χ4n) is 7.70. The molecule has 11 rings (SSSR count). The predicted molar refractivity (Wildman–Crippen MR) is 225 cm³/mol. The molecule has 3 aromatic heterocycles. The number of benzene rings is 8. The van der Waals surface area contributed by atoms with E-state index in [9.17, 15) is 0 Å². The molecule has 8 aromatic carbocycles. The van der Waals surface area contributed by atoms with Crippen molar-refractivity contribution in [3.8, 4) is 56.4 Å². The zero-order valence-electron chi connectivity index (χ0n) is 28.9. The average molecular weight is 708 g/mol. The van der Waals surface area contributed by atoms with Gasteiger partial charge >= 0.3 is 0 Å². The predicted octanol–water partition coefficient (Wildman–Crippen LogP) is 13.6. The van der Waals surface area contributed by atoms with Gasteiger partial charge in [-0.15, -0.1) is 11.3 Å². The molecule has 11 aromatic rings. The summed E-state index contributed by atoms with van der Waals surface area (Å²) in [7, 11) is 0. The van der Waals surface area contributed by atoms with Crippen molar-refractivity contribution in [2.45, 2.75) is 0 Å². The first-order chi connectivity index (χ1) is 26.7. The largest absolute Gasteiger partial charge is 0.456 e. The van der Waals surface area contributed by atoms with Gasteiger partial charge in [-0.3, -0.25) is 0 Å². The zero-order chi connectivity index (χ0) is 35.6. The molecule has 0 saturated heterocycles. The highest BCUT2D eigenvalue weighted by Gasteiger charge is 2.20. The van der Waals surface area contributed by atoms with Crippen LogP contribution in [0.2, 0.25) is 0 Å². The maximum Gasteiger partial charge on any atom is 0.165 e. The van der Waals surface area contributed by atoms with Crippen molar-refractivity contribution in [1.82, 2.24) is 15.0 Å². The van der Waals surface area contributed by atoms with Gasteiger partial charge in [-0.2, -0.15) is 0 Å². The molecule has 0 amide bonds. The van der Waals surface area contributed by atoms with Gasteiger partial charge in [-0.05, 0) is 75.5 Å². The highest BCUT2D eigenvalue weighted by atomic mass is 32.1. The Hall–Kier alpha value is -6.95. The van der Waals surface area contributed by atoms with Gasteiger partial charge in [0, 0.05) is 47.6 Å². The molecule has 54 heavy (non-hydrogen) atoms. The van der Waals surface area contributed by atoms with E-state index in [1.165, 1.54) is 26.6 Å². The van der Waals surface area contributed by atoms with Crippen LogP contribution in [0.3, 0.4) is 0 Å². The lowest BCUT2D eigenvalue weighted by molar-refractivity contribution is 0.669. The summed E-state index contributed by atoms with van der Waals surface area (Å²) in [5, 5.41) is 6.88. The van der Waals surface area contributed by atoms with Crippen molar-refractivity contribution in [3.05, 3.63) is 176 Å². The fourth-order valence-corrected chi connectivity index (χ4v) is 8.91. The van der Waals surface area contributed by atoms with E-state index in [0.29, 0.717) is 17.5 Å². The van der Waals surface area contributed by atoms with E-state index < -0.39 is 0 Å². The van der Waals surface area contributed by atoms with Gasteiger partial charge < -0.3 is 4.42 Å². The molecule has 4 nitrogen and oxygen atoms in total. The van der Waals surface area contributed by atoms with E-state index in [2.05, 4.69) is 152 Å². The van der Waals surface area contributed by atoms with E-state index in [0.717, 1.165) is 65.2 Å². The van der Waals surface area contributed by atoms with Crippen molar-refractivity contribution >= 4 is 64.2 Å². The summed E-state index contributed by atoms with van der Waals surface area (Å²) in [5.74, 6) is 1.85. The Labute approximate surface area is 314 Å². The summed E-state index contributed by atoms with van der Waals surface area (Å²) < 4.78 is 8.91. The third-order valence-corrected chi connectivity index (χ3v) is 11.5. The summed E-state index contributed by atoms with van der Waals surface area (Å²) in [6, 6.07) is 61.5. The van der Waals surface area contributed by atoms with E-state index in [4.69, 9.17) is 19.4 Å². The molecule has 0 aliphatic rings. The Morgan fingerprint density at radius 3 is 1.81 bits per heavy atom. The molecule has 0 radical (unpaired) electrons. The zero-order valence-corrected chi connectivity index (χ0v) is 29.7. The van der Waals surface area contributed by atoms with Crippen LogP contribution >= 0.6 is 11.3 Å². The topological polar surface area (TPSA) is 51.8 Å². The van der Waals surface area contributed by atoms with Crippen LogP contribution in [0.15, 0.2) is 180 Å². The SMILES string of the molecule is c1ccc(-c2ccc3cc(-c4nc(-c5cc(-c6ccccc6)c6c(c5)oc5ccccc56)nc(-c5cccc6c5sc5ccccc56)n4)ccc3c2)cc1. The monoisotopic (exact) mass is 707 g/mol. The minimum atomic E-state index is 0.590. The fraction of sp³-hybridized carbons (Fsp3) is 0. The highest BCUT2D eigenvalue weighted by Crippen LogP contribution is 2.42. The maximum atomic E-state index is 6.52. The first-order valence-corrected chi connectivity index (χ1v) is 18.8. The van der Waals surface area contributed by atoms with E-state index in [1.54, 1.807) is 11.3 Å². The lowest BCUT2D eigenvalue weighted by atomic mass is 9.96. The molecule has 3 heterocycles. The number of hydrogen-bond donors (Lipinski definition) is 0. The Morgan fingerprint density at radius 1 is 0.370 bits per heavy atom. The Morgan fingerprint density at radius 2 is 1.00 bits per heavy atom. The molecule has 0 atom stereocenters. The number of thiophene rings is 1. The Bertz CT molecular complexity index is 3220. The first-order valence-electron chi connectivity index (χ1n) is 18.0. The summed E-state index contributed by atoms with van der Waals surface area (Å²) >= 11 is 1.78. The molecule has 0 bridgehead atoms. The normalized spacial score (nSPS) is 11.7. The number of nitrogens with zero attached hydrogens (tertiary/aromatic N) is 3. The molecule has 252 valence electrons. The van der Waals surface area contributed by atoms with Crippen LogP contribution in [0, 0.1) is 0 Å². The van der Waals surface area contributed by atoms with E-state index >= 15 is 0 Å². The van der Waals surface area contributed by atoms with Crippen LogP contribution in [0.5, 0.6) is 0 Å². The number of para-hydroxylation sites is 1. The quantitative estimate of drug-likeness (QED) is 0.179. The van der Waals surface area contributed by atoms with Crippen LogP contribution in [-0.4, -0.2) is 15.0 Å². The molecule has 0 unspecified atom stereocenters. The second kappa shape index (κ2) is 12.3. The third kappa shape index (κ3) is 5.09. The second-order valence-electron chi connectivity index (χ2n) is 13.6. The van der Waals surface area contributed by atoms with E-state index in [1.807, 2.05) is 24.3 Å². The molecule has 0 saturated carbocycles. The first kappa shape index (κ1) is 30.7. The molecular weight excluding hydrogens is 679 g/mol. The number of fused-ring (bicyclic) bond motifs is 7. The van der Waals surface area contributed by atoms with Gasteiger partial charge in [0.1, 0.15) is 11.2 Å². The van der Waals surface area contributed by atoms with Gasteiger partial charge in [0.15, 0.2) is 17.5 Å². The molecule has 0 fully saturated rings. The van der Waals surface area contributed by atoms with Crippen molar-refractivity contribution in [2.24, 2.45) is 0 Å². The molecule has 0 aliphatic carbocycles. The lowest BCUT2D eigenvalue weighted by Gasteiger charge is -2.12. The molecule has 0 aliphatic heterocycles. The minimum Gasteiger partial charge on any atom is -0.456 e. The Balaban J connectivity index is 1.15. The number of aromatic nitrogens is 3. The van der Waals surface area contributed by atoms with E-state index in [-0.39, 0.29) is 0 Å². The van der Waals surface area contributed by atoms with Crippen LogP contribution in [-0.2, 0) is 0 Å². The van der Waals surface area contributed by atoms with Crippen molar-refractivity contribution in [1.29, 1.82) is 0 Å². The molecule has 0 spiro atoms. The standard InChI is InChI=1S/C49H29N3OS/c1-3-12-30(13-4-1)32-22-23-34-27-35(25-24-33(34)26-32)47-50-48(52-49(51-47)40-19-11-18-38-37-16-8-10-21-44(37)54-46(38)40)36-28-41(31-14-5-2-6-15-31)45-39-17-7-9-20-42(39)53-43(45)29-36/h1-29H. The average Bonchev–Trinajstić information content (AvgIpc) is 3.82. The van der Waals surface area contributed by atoms with Gasteiger partial charge in [0.25, 0.3) is 0 Å². The number of furan rings is 1. The van der Waals surface area contributed by atoms with Gasteiger partial charge in [0.2, 0.25) is 0 Å². The van der Waals surface area contributed by atoms with Crippen LogP contribution in [0.1, 0.15) is 0 Å². The number of hydrogen-bond acceptors (Lipinski definition) is 5. The van der Waals surface area contributed by atoms with Crippen molar-refractivity contribution in [2.75, 3.05) is 0 Å². The Kier molecular flexibility index (Phi) is 7.00. The summed E-state index contributed by atoms with van der Waals surface area (Å²) in [6.45, 7) is 0. The minimum absolute atomic E-state index is 0.590.